The quantitative estimate of drug-likeness (QED) is 0.775. The van der Waals surface area contributed by atoms with Crippen LogP contribution in [0.5, 0.6) is 11.5 Å². The van der Waals surface area contributed by atoms with Crippen LogP contribution in [0.3, 0.4) is 0 Å². The summed E-state index contributed by atoms with van der Waals surface area (Å²) >= 11 is 7.49. The Kier molecular flexibility index (Phi) is 6.36. The first-order valence-electron chi connectivity index (χ1n) is 7.07. The molecule has 0 saturated heterocycles. The Hall–Kier alpha value is -1.23. The van der Waals surface area contributed by atoms with E-state index in [0.717, 1.165) is 39.4 Å². The molecule has 0 atom stereocenters. The molecule has 21 heavy (non-hydrogen) atoms. The topological polar surface area (TPSA) is 30.5 Å². The van der Waals surface area contributed by atoms with E-state index in [-0.39, 0.29) is 0 Å². The van der Waals surface area contributed by atoms with Gasteiger partial charge >= 0.3 is 0 Å². The Morgan fingerprint density at radius 1 is 1.14 bits per heavy atom. The van der Waals surface area contributed by atoms with Crippen LogP contribution in [-0.2, 0) is 13.2 Å². The van der Waals surface area contributed by atoms with Gasteiger partial charge in [-0.15, -0.1) is 11.3 Å². The molecule has 0 fully saturated rings. The molecule has 114 valence electrons. The van der Waals surface area contributed by atoms with E-state index in [9.17, 15) is 0 Å². The van der Waals surface area contributed by atoms with E-state index in [1.54, 1.807) is 0 Å². The lowest BCUT2D eigenvalue weighted by Gasteiger charge is -2.15. The average Bonchev–Trinajstić information content (AvgIpc) is 2.90. The number of benzene rings is 1. The lowest BCUT2D eigenvalue weighted by atomic mass is 10.2. The predicted molar refractivity (Wildman–Crippen MR) is 88.7 cm³/mol. The number of hydrogen-bond acceptors (Lipinski definition) is 4. The van der Waals surface area contributed by atoms with Crippen LogP contribution < -0.4 is 14.8 Å². The normalized spacial score (nSPS) is 10.6. The first-order chi connectivity index (χ1) is 10.2. The van der Waals surface area contributed by atoms with E-state index >= 15 is 0 Å². The zero-order valence-corrected chi connectivity index (χ0v) is 13.9. The van der Waals surface area contributed by atoms with Crippen molar-refractivity contribution in [3.05, 3.63) is 45.1 Å². The molecule has 0 amide bonds. The monoisotopic (exact) mass is 325 g/mol. The second kappa shape index (κ2) is 8.27. The molecule has 3 nitrogen and oxygen atoms in total. The summed E-state index contributed by atoms with van der Waals surface area (Å²) in [5.41, 5.74) is 1.10. The van der Waals surface area contributed by atoms with Crippen LogP contribution in [0, 0.1) is 0 Å². The van der Waals surface area contributed by atoms with Crippen LogP contribution in [0.2, 0.25) is 4.34 Å². The fourth-order valence-corrected chi connectivity index (χ4v) is 2.97. The van der Waals surface area contributed by atoms with Crippen molar-refractivity contribution in [3.8, 4) is 11.5 Å². The third kappa shape index (κ3) is 4.63. The van der Waals surface area contributed by atoms with Gasteiger partial charge in [0.25, 0.3) is 0 Å². The highest BCUT2D eigenvalue weighted by atomic mass is 35.5. The predicted octanol–water partition coefficient (Wildman–Crippen LogP) is 4.49. The number of ether oxygens (including phenoxy) is 2. The Bertz CT molecular complexity index is 571. The first kappa shape index (κ1) is 16.1. The van der Waals surface area contributed by atoms with Crippen LogP contribution >= 0.6 is 22.9 Å². The van der Waals surface area contributed by atoms with Crippen molar-refractivity contribution in [3.63, 3.8) is 0 Å². The maximum atomic E-state index is 6.00. The molecule has 0 unspecified atom stereocenters. The van der Waals surface area contributed by atoms with Crippen molar-refractivity contribution in [1.82, 2.24) is 5.32 Å². The van der Waals surface area contributed by atoms with Crippen LogP contribution in [-0.4, -0.2) is 13.2 Å². The maximum Gasteiger partial charge on any atom is 0.166 e. The van der Waals surface area contributed by atoms with Gasteiger partial charge in [-0.25, -0.2) is 0 Å². The van der Waals surface area contributed by atoms with Crippen molar-refractivity contribution < 1.29 is 9.47 Å². The highest BCUT2D eigenvalue weighted by Gasteiger charge is 2.11. The average molecular weight is 326 g/mol. The van der Waals surface area contributed by atoms with Gasteiger partial charge in [-0.3, -0.25) is 0 Å². The number of nitrogens with one attached hydrogen (secondary N) is 1. The molecule has 1 aromatic carbocycles. The van der Waals surface area contributed by atoms with E-state index in [0.29, 0.717) is 13.2 Å². The van der Waals surface area contributed by atoms with Gasteiger partial charge in [0.2, 0.25) is 0 Å². The Balaban J connectivity index is 2.16. The van der Waals surface area contributed by atoms with Gasteiger partial charge in [0.15, 0.2) is 11.5 Å². The molecular formula is C16H20ClNO2S. The number of halogens is 1. The third-order valence-electron chi connectivity index (χ3n) is 2.91. The molecule has 1 aromatic heterocycles. The molecule has 0 aliphatic rings. The lowest BCUT2D eigenvalue weighted by Crippen LogP contribution is -2.13. The molecule has 0 saturated carbocycles. The van der Waals surface area contributed by atoms with E-state index in [1.807, 2.05) is 31.2 Å². The summed E-state index contributed by atoms with van der Waals surface area (Å²) < 4.78 is 12.5. The molecule has 1 heterocycles. The fourth-order valence-electron chi connectivity index (χ4n) is 1.97. The van der Waals surface area contributed by atoms with Crippen molar-refractivity contribution in [2.24, 2.45) is 0 Å². The van der Waals surface area contributed by atoms with E-state index in [2.05, 4.69) is 18.3 Å². The highest BCUT2D eigenvalue weighted by Crippen LogP contribution is 2.33. The summed E-state index contributed by atoms with van der Waals surface area (Å²) in [5, 5.41) is 3.32. The Labute approximate surface area is 134 Å². The molecule has 0 radical (unpaired) electrons. The lowest BCUT2D eigenvalue weighted by molar-refractivity contribution is 0.268. The second-order valence-electron chi connectivity index (χ2n) is 4.45. The summed E-state index contributed by atoms with van der Waals surface area (Å²) in [7, 11) is 0. The molecule has 0 aliphatic carbocycles. The Morgan fingerprint density at radius 3 is 2.67 bits per heavy atom. The minimum absolute atomic E-state index is 0.501. The zero-order valence-electron chi connectivity index (χ0n) is 12.3. The van der Waals surface area contributed by atoms with Crippen molar-refractivity contribution >= 4 is 22.9 Å². The largest absolute Gasteiger partial charge is 0.490 e. The molecule has 0 bridgehead atoms. The number of hydrogen-bond donors (Lipinski definition) is 1. The van der Waals surface area contributed by atoms with E-state index in [1.165, 1.54) is 11.3 Å². The summed E-state index contributed by atoms with van der Waals surface area (Å²) in [6, 6.07) is 9.86. The summed E-state index contributed by atoms with van der Waals surface area (Å²) in [5.74, 6) is 1.60. The molecule has 2 rings (SSSR count). The van der Waals surface area contributed by atoms with Crippen LogP contribution in [0.25, 0.3) is 0 Å². The molecule has 0 aliphatic heterocycles. The molecule has 0 spiro atoms. The third-order valence-corrected chi connectivity index (χ3v) is 4.12. The smallest absolute Gasteiger partial charge is 0.166 e. The van der Waals surface area contributed by atoms with Crippen LogP contribution in [0.4, 0.5) is 0 Å². The second-order valence-corrected chi connectivity index (χ2v) is 6.25. The molecule has 5 heteroatoms. The van der Waals surface area contributed by atoms with Crippen LogP contribution in [0.15, 0.2) is 30.3 Å². The minimum atomic E-state index is 0.501. The molecule has 1 N–H and O–H groups in total. The number of para-hydroxylation sites is 1. The van der Waals surface area contributed by atoms with Gasteiger partial charge in [-0.05, 0) is 31.7 Å². The highest BCUT2D eigenvalue weighted by molar-refractivity contribution is 7.16. The van der Waals surface area contributed by atoms with Crippen molar-refractivity contribution in [2.45, 2.75) is 27.0 Å². The summed E-state index contributed by atoms with van der Waals surface area (Å²) in [4.78, 5) is 1.10. The number of thiophene rings is 1. The zero-order chi connectivity index (χ0) is 15.1. The van der Waals surface area contributed by atoms with Gasteiger partial charge in [0.05, 0.1) is 10.9 Å². The number of rotatable bonds is 8. The van der Waals surface area contributed by atoms with Gasteiger partial charge in [-0.1, -0.05) is 30.7 Å². The molecular weight excluding hydrogens is 306 g/mol. The Morgan fingerprint density at radius 2 is 2.00 bits per heavy atom. The van der Waals surface area contributed by atoms with E-state index in [4.69, 9.17) is 21.1 Å². The standard InChI is InChI=1S/C16H20ClNO2S/c1-3-18-10-12-6-5-7-14(19-4-2)16(12)20-11-13-8-9-15(17)21-13/h5-9,18H,3-4,10-11H2,1-2H3. The van der Waals surface area contributed by atoms with Gasteiger partial charge in [-0.2, -0.15) is 0 Å². The fraction of sp³-hybridized carbons (Fsp3) is 0.375. The van der Waals surface area contributed by atoms with E-state index < -0.39 is 0 Å². The summed E-state index contributed by atoms with van der Waals surface area (Å²) in [6.07, 6.45) is 0. The van der Waals surface area contributed by atoms with Crippen LogP contribution in [0.1, 0.15) is 24.3 Å². The van der Waals surface area contributed by atoms with Gasteiger partial charge in [0, 0.05) is 17.0 Å². The minimum Gasteiger partial charge on any atom is -0.490 e. The maximum absolute atomic E-state index is 6.00. The molecule has 2 aromatic rings. The van der Waals surface area contributed by atoms with Gasteiger partial charge < -0.3 is 14.8 Å². The SMILES string of the molecule is CCNCc1cccc(OCC)c1OCc1ccc(Cl)s1. The van der Waals surface area contributed by atoms with Gasteiger partial charge in [0.1, 0.15) is 6.61 Å². The van der Waals surface area contributed by atoms with Crippen molar-refractivity contribution in [1.29, 1.82) is 0 Å². The van der Waals surface area contributed by atoms with Crippen molar-refractivity contribution in [2.75, 3.05) is 13.2 Å². The summed E-state index contributed by atoms with van der Waals surface area (Å²) in [6.45, 7) is 6.85. The first-order valence-corrected chi connectivity index (χ1v) is 8.26.